The van der Waals surface area contributed by atoms with Gasteiger partial charge in [-0.05, 0) is 38.1 Å². The smallest absolute Gasteiger partial charge is 0.250 e. The average molecular weight is 262 g/mol. The van der Waals surface area contributed by atoms with Crippen molar-refractivity contribution in [3.63, 3.8) is 0 Å². The molecule has 1 aromatic rings. The number of nitrogens with one attached hydrogen (secondary N) is 2. The molecule has 19 heavy (non-hydrogen) atoms. The molecule has 1 heterocycles. The topological polar surface area (TPSA) is 67.4 Å². The van der Waals surface area contributed by atoms with E-state index in [0.717, 1.165) is 13.1 Å². The highest BCUT2D eigenvalue weighted by atomic mass is 16.5. The summed E-state index contributed by atoms with van der Waals surface area (Å²) < 4.78 is 5.53. The molecule has 2 N–H and O–H groups in total. The molecule has 0 aromatic heterocycles. The van der Waals surface area contributed by atoms with Gasteiger partial charge in [0.25, 0.3) is 0 Å². The number of Topliss-reactive ketones (excluding diaryl/α,β-unsaturated/α-hetero) is 1. The molecule has 0 unspecified atom stereocenters. The van der Waals surface area contributed by atoms with E-state index in [9.17, 15) is 9.59 Å². The lowest BCUT2D eigenvalue weighted by Crippen LogP contribution is -2.59. The van der Waals surface area contributed by atoms with Gasteiger partial charge in [-0.3, -0.25) is 9.59 Å². The predicted octanol–water partition coefficient (Wildman–Crippen LogP) is 1.21. The number of carbonyl (C=O) groups excluding carboxylic acids is 2. The molecular weight excluding hydrogens is 244 g/mol. The summed E-state index contributed by atoms with van der Waals surface area (Å²) in [7, 11) is 0. The van der Waals surface area contributed by atoms with Crippen LogP contribution >= 0.6 is 0 Å². The summed E-state index contributed by atoms with van der Waals surface area (Å²) in [6.45, 7) is 5.06. The van der Waals surface area contributed by atoms with Crippen molar-refractivity contribution in [1.29, 1.82) is 0 Å². The SMILES string of the molecule is CC(=O)c1ccc(NC(=O)COC2(C)CNC2)cc1. The first-order chi connectivity index (χ1) is 8.98. The number of hydrogen-bond donors (Lipinski definition) is 2. The van der Waals surface area contributed by atoms with E-state index in [4.69, 9.17) is 4.74 Å². The van der Waals surface area contributed by atoms with Gasteiger partial charge in [-0.25, -0.2) is 0 Å². The lowest BCUT2D eigenvalue weighted by molar-refractivity contribution is -0.130. The van der Waals surface area contributed by atoms with Crippen LogP contribution in [0.2, 0.25) is 0 Å². The summed E-state index contributed by atoms with van der Waals surface area (Å²) in [4.78, 5) is 22.8. The van der Waals surface area contributed by atoms with Crippen LogP contribution in [0.3, 0.4) is 0 Å². The molecular formula is C14H18N2O3. The number of benzene rings is 1. The molecule has 1 fully saturated rings. The van der Waals surface area contributed by atoms with Crippen LogP contribution in [0.4, 0.5) is 5.69 Å². The fourth-order valence-electron chi connectivity index (χ4n) is 1.80. The summed E-state index contributed by atoms with van der Waals surface area (Å²) in [5.41, 5.74) is 1.06. The van der Waals surface area contributed by atoms with Gasteiger partial charge in [0.1, 0.15) is 6.61 Å². The van der Waals surface area contributed by atoms with Crippen LogP contribution in [-0.2, 0) is 9.53 Å². The third kappa shape index (κ3) is 3.62. The second-order valence-corrected chi connectivity index (χ2v) is 5.02. The third-order valence-corrected chi connectivity index (χ3v) is 3.12. The number of anilines is 1. The van der Waals surface area contributed by atoms with Gasteiger partial charge in [-0.1, -0.05) is 0 Å². The Morgan fingerprint density at radius 1 is 1.32 bits per heavy atom. The van der Waals surface area contributed by atoms with Crippen LogP contribution in [-0.4, -0.2) is 37.0 Å². The Balaban J connectivity index is 1.83. The van der Waals surface area contributed by atoms with Gasteiger partial charge in [0.05, 0.1) is 5.60 Å². The Labute approximate surface area is 112 Å². The Morgan fingerprint density at radius 3 is 2.42 bits per heavy atom. The maximum atomic E-state index is 11.7. The van der Waals surface area contributed by atoms with Crippen molar-refractivity contribution in [1.82, 2.24) is 5.32 Å². The van der Waals surface area contributed by atoms with E-state index >= 15 is 0 Å². The van der Waals surface area contributed by atoms with E-state index in [1.807, 2.05) is 6.92 Å². The number of ether oxygens (including phenoxy) is 1. The predicted molar refractivity (Wildman–Crippen MR) is 72.3 cm³/mol. The lowest BCUT2D eigenvalue weighted by Gasteiger charge is -2.38. The number of carbonyl (C=O) groups is 2. The van der Waals surface area contributed by atoms with Crippen molar-refractivity contribution in [2.24, 2.45) is 0 Å². The molecule has 2 rings (SSSR count). The maximum Gasteiger partial charge on any atom is 0.250 e. The molecule has 1 saturated heterocycles. The van der Waals surface area contributed by atoms with Crippen LogP contribution in [0, 0.1) is 0 Å². The van der Waals surface area contributed by atoms with Crippen LogP contribution in [0.15, 0.2) is 24.3 Å². The minimum atomic E-state index is -0.226. The first kappa shape index (κ1) is 13.7. The van der Waals surface area contributed by atoms with Crippen molar-refractivity contribution in [3.8, 4) is 0 Å². The fraction of sp³-hybridized carbons (Fsp3) is 0.429. The molecule has 102 valence electrons. The van der Waals surface area contributed by atoms with Gasteiger partial charge in [-0.2, -0.15) is 0 Å². The van der Waals surface area contributed by atoms with Crippen LogP contribution < -0.4 is 10.6 Å². The molecule has 0 aliphatic carbocycles. The highest BCUT2D eigenvalue weighted by molar-refractivity contribution is 5.95. The molecule has 0 spiro atoms. The van der Waals surface area contributed by atoms with Gasteiger partial charge in [0.15, 0.2) is 5.78 Å². The molecule has 1 amide bonds. The largest absolute Gasteiger partial charge is 0.363 e. The number of amides is 1. The van der Waals surface area contributed by atoms with Gasteiger partial charge in [0, 0.05) is 24.3 Å². The van der Waals surface area contributed by atoms with Crippen LogP contribution in [0.5, 0.6) is 0 Å². The van der Waals surface area contributed by atoms with E-state index in [1.165, 1.54) is 6.92 Å². The summed E-state index contributed by atoms with van der Waals surface area (Å²) in [5.74, 6) is -0.185. The molecule has 0 atom stereocenters. The summed E-state index contributed by atoms with van der Waals surface area (Å²) >= 11 is 0. The van der Waals surface area contributed by atoms with Crippen molar-refractivity contribution < 1.29 is 14.3 Å². The highest BCUT2D eigenvalue weighted by Crippen LogP contribution is 2.15. The summed E-state index contributed by atoms with van der Waals surface area (Å²) in [5, 5.41) is 5.84. The van der Waals surface area contributed by atoms with E-state index in [1.54, 1.807) is 24.3 Å². The Bertz CT molecular complexity index is 478. The van der Waals surface area contributed by atoms with Crippen molar-refractivity contribution in [3.05, 3.63) is 29.8 Å². The number of hydrogen-bond acceptors (Lipinski definition) is 4. The minimum absolute atomic E-state index is 0.00613. The van der Waals surface area contributed by atoms with Gasteiger partial charge in [-0.15, -0.1) is 0 Å². The van der Waals surface area contributed by atoms with Crippen molar-refractivity contribution in [2.45, 2.75) is 19.4 Å². The maximum absolute atomic E-state index is 11.7. The second-order valence-electron chi connectivity index (χ2n) is 5.02. The monoisotopic (exact) mass is 262 g/mol. The highest BCUT2D eigenvalue weighted by Gasteiger charge is 2.32. The van der Waals surface area contributed by atoms with Gasteiger partial charge >= 0.3 is 0 Å². The normalized spacial score (nSPS) is 16.5. The quantitative estimate of drug-likeness (QED) is 0.783. The van der Waals surface area contributed by atoms with Gasteiger partial charge < -0.3 is 15.4 Å². The van der Waals surface area contributed by atoms with Crippen molar-refractivity contribution in [2.75, 3.05) is 25.0 Å². The van der Waals surface area contributed by atoms with E-state index in [0.29, 0.717) is 11.3 Å². The summed E-state index contributed by atoms with van der Waals surface area (Å²) in [6.07, 6.45) is 0. The van der Waals surface area contributed by atoms with E-state index in [-0.39, 0.29) is 23.9 Å². The molecule has 0 radical (unpaired) electrons. The second kappa shape index (κ2) is 5.50. The number of ketones is 1. The van der Waals surface area contributed by atoms with E-state index in [2.05, 4.69) is 10.6 Å². The Morgan fingerprint density at radius 2 is 1.95 bits per heavy atom. The van der Waals surface area contributed by atoms with E-state index < -0.39 is 0 Å². The standard InChI is InChI=1S/C14H18N2O3/c1-10(17)11-3-5-12(6-4-11)16-13(18)7-19-14(2)8-15-9-14/h3-6,15H,7-9H2,1-2H3,(H,16,18). The molecule has 0 bridgehead atoms. The van der Waals surface area contributed by atoms with Crippen molar-refractivity contribution >= 4 is 17.4 Å². The first-order valence-electron chi connectivity index (χ1n) is 6.24. The summed E-state index contributed by atoms with van der Waals surface area (Å²) in [6, 6.07) is 6.80. The average Bonchev–Trinajstić information content (AvgIpc) is 2.35. The third-order valence-electron chi connectivity index (χ3n) is 3.12. The fourth-order valence-corrected chi connectivity index (χ4v) is 1.80. The zero-order valence-electron chi connectivity index (χ0n) is 11.2. The van der Waals surface area contributed by atoms with Crippen LogP contribution in [0.1, 0.15) is 24.2 Å². The zero-order valence-corrected chi connectivity index (χ0v) is 11.2. The lowest BCUT2D eigenvalue weighted by atomic mass is 10.0. The molecule has 5 heteroatoms. The molecule has 0 saturated carbocycles. The molecule has 1 aromatic carbocycles. The Kier molecular flexibility index (Phi) is 3.97. The van der Waals surface area contributed by atoms with Crippen LogP contribution in [0.25, 0.3) is 0 Å². The molecule has 1 aliphatic rings. The Hall–Kier alpha value is -1.72. The minimum Gasteiger partial charge on any atom is -0.363 e. The zero-order chi connectivity index (χ0) is 13.9. The van der Waals surface area contributed by atoms with Gasteiger partial charge in [0.2, 0.25) is 5.91 Å². The molecule has 1 aliphatic heterocycles. The molecule has 5 nitrogen and oxygen atoms in total. The number of rotatable bonds is 5. The first-order valence-corrected chi connectivity index (χ1v) is 6.24.